The van der Waals surface area contributed by atoms with Crippen molar-refractivity contribution in [3.63, 3.8) is 0 Å². The Balaban J connectivity index is 0. The Hall–Kier alpha value is -0.460. The van der Waals surface area contributed by atoms with Crippen LogP contribution in [-0.4, -0.2) is 34.3 Å². The number of alkyl halides is 2. The maximum Gasteiger partial charge on any atom is 0.323 e. The molecule has 0 aromatic heterocycles. The summed E-state index contributed by atoms with van der Waals surface area (Å²) in [6, 6.07) is -1.95. The van der Waals surface area contributed by atoms with E-state index >= 15 is 0 Å². The molecule has 4 nitrogen and oxygen atoms in total. The summed E-state index contributed by atoms with van der Waals surface area (Å²) in [6.45, 7) is 2.14. The van der Waals surface area contributed by atoms with Crippen molar-refractivity contribution in [2.24, 2.45) is 5.73 Å². The third-order valence-corrected chi connectivity index (χ3v) is 3.61. The fourth-order valence-corrected chi connectivity index (χ4v) is 2.16. The van der Waals surface area contributed by atoms with E-state index in [1.54, 1.807) is 0 Å². The maximum absolute atomic E-state index is 12.8. The Bertz CT molecular complexity index is 283. The highest BCUT2D eigenvalue weighted by molar-refractivity contribution is 5.75. The number of unbranched alkanes of at least 4 members (excludes halogenated alkanes) is 7. The molecule has 0 fully saturated rings. The first-order valence-electron chi connectivity index (χ1n) is 7.35. The minimum Gasteiger partial charge on any atom is -1.00 e. The van der Waals surface area contributed by atoms with Gasteiger partial charge in [-0.15, -0.1) is 0 Å². The van der Waals surface area contributed by atoms with Crippen LogP contribution >= 0.6 is 0 Å². The molecule has 0 saturated heterocycles. The Morgan fingerprint density at radius 1 is 1.10 bits per heavy atom. The van der Waals surface area contributed by atoms with Crippen LogP contribution in [0.5, 0.6) is 0 Å². The molecule has 0 rings (SSSR count). The minimum atomic E-state index is -3.15. The van der Waals surface area contributed by atoms with Crippen molar-refractivity contribution < 1.29 is 36.2 Å². The molecule has 128 valence electrons. The number of rotatable bonds is 12. The van der Waals surface area contributed by atoms with Crippen molar-refractivity contribution >= 4 is 5.97 Å². The van der Waals surface area contributed by atoms with Gasteiger partial charge in [0.25, 0.3) is 6.43 Å². The van der Waals surface area contributed by atoms with Gasteiger partial charge in [0.1, 0.15) is 6.04 Å². The van der Waals surface area contributed by atoms with Gasteiger partial charge in [0.2, 0.25) is 0 Å². The molecular formula is C14H27ClF2NO3-. The van der Waals surface area contributed by atoms with Gasteiger partial charge in [0, 0.05) is 0 Å². The van der Waals surface area contributed by atoms with Gasteiger partial charge in [-0.3, -0.25) is 4.79 Å². The van der Waals surface area contributed by atoms with Crippen LogP contribution in [-0.2, 0) is 4.79 Å². The zero-order valence-electron chi connectivity index (χ0n) is 12.5. The van der Waals surface area contributed by atoms with Crippen LogP contribution in [0.2, 0.25) is 0 Å². The fourth-order valence-electron chi connectivity index (χ4n) is 2.16. The summed E-state index contributed by atoms with van der Waals surface area (Å²) in [6.07, 6.45) is 4.26. The van der Waals surface area contributed by atoms with E-state index in [2.05, 4.69) is 6.92 Å². The van der Waals surface area contributed by atoms with E-state index in [0.717, 1.165) is 19.3 Å². The number of halogens is 3. The molecule has 0 aromatic rings. The van der Waals surface area contributed by atoms with Crippen LogP contribution in [0.4, 0.5) is 8.78 Å². The first kappa shape index (κ1) is 22.8. The average Bonchev–Trinajstić information content (AvgIpc) is 2.40. The second-order valence-electron chi connectivity index (χ2n) is 5.33. The Morgan fingerprint density at radius 2 is 1.52 bits per heavy atom. The Morgan fingerprint density at radius 3 is 1.90 bits per heavy atom. The van der Waals surface area contributed by atoms with Gasteiger partial charge in [-0.2, -0.15) is 0 Å². The van der Waals surface area contributed by atoms with E-state index in [9.17, 15) is 18.7 Å². The van der Waals surface area contributed by atoms with E-state index in [-0.39, 0.29) is 18.8 Å². The van der Waals surface area contributed by atoms with E-state index in [4.69, 9.17) is 10.8 Å². The first-order chi connectivity index (χ1) is 9.36. The predicted octanol–water partition coefficient (Wildman–Crippen LogP) is -0.0707. The number of carbonyl (C=O) groups is 1. The number of hydrogen-bond acceptors (Lipinski definition) is 3. The SMILES string of the molecule is CCCCCCCCCCC(O)(C(F)F)C(N)C(=O)O.[Cl-]. The van der Waals surface area contributed by atoms with Crippen molar-refractivity contribution in [2.45, 2.75) is 82.8 Å². The van der Waals surface area contributed by atoms with Crippen LogP contribution in [0.15, 0.2) is 0 Å². The van der Waals surface area contributed by atoms with Crippen LogP contribution in [0, 0.1) is 0 Å². The van der Waals surface area contributed by atoms with Gasteiger partial charge >= 0.3 is 5.97 Å². The van der Waals surface area contributed by atoms with Gasteiger partial charge in [-0.25, -0.2) is 8.78 Å². The summed E-state index contributed by atoms with van der Waals surface area (Å²) >= 11 is 0. The summed E-state index contributed by atoms with van der Waals surface area (Å²) in [5.74, 6) is -1.60. The summed E-state index contributed by atoms with van der Waals surface area (Å²) in [5, 5.41) is 18.4. The summed E-state index contributed by atoms with van der Waals surface area (Å²) < 4.78 is 25.6. The lowest BCUT2D eigenvalue weighted by Crippen LogP contribution is -3.00. The molecule has 2 unspecified atom stereocenters. The van der Waals surface area contributed by atoms with Gasteiger partial charge in [0.15, 0.2) is 5.60 Å². The Labute approximate surface area is 131 Å². The second kappa shape index (κ2) is 12.1. The van der Waals surface area contributed by atoms with Crippen molar-refractivity contribution in [3.8, 4) is 0 Å². The van der Waals surface area contributed by atoms with Gasteiger partial charge in [0.05, 0.1) is 0 Å². The lowest BCUT2D eigenvalue weighted by atomic mass is 9.88. The second-order valence-corrected chi connectivity index (χ2v) is 5.33. The highest BCUT2D eigenvalue weighted by atomic mass is 35.5. The normalized spacial score (nSPS) is 15.3. The predicted molar refractivity (Wildman–Crippen MR) is 73.8 cm³/mol. The minimum absolute atomic E-state index is 0. The molecule has 0 aliphatic rings. The third kappa shape index (κ3) is 8.53. The van der Waals surface area contributed by atoms with Gasteiger partial charge < -0.3 is 28.4 Å². The number of carboxylic acid groups (broad SMARTS) is 1. The molecule has 0 aliphatic carbocycles. The molecule has 7 heteroatoms. The Kier molecular flexibility index (Phi) is 13.2. The molecule has 0 spiro atoms. The molecule has 0 aliphatic heterocycles. The molecule has 0 radical (unpaired) electrons. The summed E-state index contributed by atoms with van der Waals surface area (Å²) in [5.41, 5.74) is 2.53. The average molecular weight is 331 g/mol. The number of aliphatic carboxylic acids is 1. The van der Waals surface area contributed by atoms with Gasteiger partial charge in [-0.05, 0) is 6.42 Å². The molecular weight excluding hydrogens is 304 g/mol. The van der Waals surface area contributed by atoms with Crippen molar-refractivity contribution in [2.75, 3.05) is 0 Å². The topological polar surface area (TPSA) is 83.5 Å². The standard InChI is InChI=1S/C14H27F2NO3.ClH/c1-2-3-4-5-6-7-8-9-10-14(20,13(15)16)11(17)12(18)19;/h11,13,20H,2-10,17H2,1H3,(H,18,19);1H/p-1. The highest BCUT2D eigenvalue weighted by Gasteiger charge is 2.46. The molecule has 0 saturated carbocycles. The molecule has 4 N–H and O–H groups in total. The molecule has 21 heavy (non-hydrogen) atoms. The molecule has 2 atom stereocenters. The van der Waals surface area contributed by atoms with Crippen LogP contribution in [0.1, 0.15) is 64.7 Å². The molecule has 0 aromatic carbocycles. The monoisotopic (exact) mass is 330 g/mol. The lowest BCUT2D eigenvalue weighted by molar-refractivity contribution is -0.160. The van der Waals surface area contributed by atoms with Crippen LogP contribution in [0.3, 0.4) is 0 Å². The zero-order chi connectivity index (χ0) is 15.6. The summed E-state index contributed by atoms with van der Waals surface area (Å²) in [4.78, 5) is 10.7. The molecule has 0 bridgehead atoms. The molecule has 0 amide bonds. The van der Waals surface area contributed by atoms with Crippen LogP contribution in [0.25, 0.3) is 0 Å². The van der Waals surface area contributed by atoms with Crippen molar-refractivity contribution in [1.82, 2.24) is 0 Å². The van der Waals surface area contributed by atoms with E-state index in [1.165, 1.54) is 19.3 Å². The number of hydrogen-bond donors (Lipinski definition) is 3. The molecule has 0 heterocycles. The van der Waals surface area contributed by atoms with E-state index < -0.39 is 24.0 Å². The number of carboxylic acids is 1. The quantitative estimate of drug-likeness (QED) is 0.437. The van der Waals surface area contributed by atoms with E-state index in [1.807, 2.05) is 0 Å². The highest BCUT2D eigenvalue weighted by Crippen LogP contribution is 2.26. The van der Waals surface area contributed by atoms with Crippen LogP contribution < -0.4 is 18.1 Å². The number of nitrogens with two attached hydrogens (primary N) is 1. The fraction of sp³-hybridized carbons (Fsp3) is 0.929. The smallest absolute Gasteiger partial charge is 0.323 e. The van der Waals surface area contributed by atoms with E-state index in [0.29, 0.717) is 12.8 Å². The first-order valence-corrected chi connectivity index (χ1v) is 7.35. The number of aliphatic hydroxyl groups is 1. The summed E-state index contributed by atoms with van der Waals surface area (Å²) in [7, 11) is 0. The maximum atomic E-state index is 12.8. The van der Waals surface area contributed by atoms with Gasteiger partial charge in [-0.1, -0.05) is 58.3 Å². The third-order valence-electron chi connectivity index (χ3n) is 3.61. The zero-order valence-corrected chi connectivity index (χ0v) is 13.3. The van der Waals surface area contributed by atoms with Crippen molar-refractivity contribution in [1.29, 1.82) is 0 Å². The largest absolute Gasteiger partial charge is 1.00 e. The van der Waals surface area contributed by atoms with Crippen molar-refractivity contribution in [3.05, 3.63) is 0 Å². The lowest BCUT2D eigenvalue weighted by Gasteiger charge is -2.30.